The third-order valence-corrected chi connectivity index (χ3v) is 3.66. The summed E-state index contributed by atoms with van der Waals surface area (Å²) in [7, 11) is 1.90. The largest absolute Gasteiger partial charge is 0.308 e. The van der Waals surface area contributed by atoms with Gasteiger partial charge in [0.1, 0.15) is 0 Å². The third-order valence-electron chi connectivity index (χ3n) is 3.66. The van der Waals surface area contributed by atoms with Crippen molar-refractivity contribution in [1.82, 2.24) is 20.3 Å². The zero-order chi connectivity index (χ0) is 10.8. The Bertz CT molecular complexity index is 320. The zero-order valence-electron chi connectivity index (χ0n) is 9.77. The maximum Gasteiger partial charge on any atom is 0.0964 e. The molecule has 1 N–H and O–H groups in total. The van der Waals surface area contributed by atoms with Crippen molar-refractivity contribution in [2.45, 2.75) is 39.3 Å². The minimum absolute atomic E-state index is 0.655. The SMILES string of the molecule is CC1CCC(NCc2cn(C)nn2)C1C. The average Bonchev–Trinajstić information content (AvgIpc) is 2.74. The predicted octanol–water partition coefficient (Wildman–Crippen LogP) is 1.34. The summed E-state index contributed by atoms with van der Waals surface area (Å²) in [5, 5.41) is 11.6. The molecule has 0 spiro atoms. The summed E-state index contributed by atoms with van der Waals surface area (Å²) >= 11 is 0. The number of hydrogen-bond acceptors (Lipinski definition) is 3. The molecule has 4 nitrogen and oxygen atoms in total. The first-order chi connectivity index (χ1) is 7.16. The van der Waals surface area contributed by atoms with Crippen LogP contribution in [0.25, 0.3) is 0 Å². The Morgan fingerprint density at radius 2 is 2.27 bits per heavy atom. The molecule has 0 saturated heterocycles. The molecule has 4 heteroatoms. The van der Waals surface area contributed by atoms with Crippen molar-refractivity contribution in [2.75, 3.05) is 0 Å². The van der Waals surface area contributed by atoms with Gasteiger partial charge in [0.15, 0.2) is 0 Å². The van der Waals surface area contributed by atoms with E-state index in [1.807, 2.05) is 13.2 Å². The highest BCUT2D eigenvalue weighted by molar-refractivity contribution is 4.93. The summed E-state index contributed by atoms with van der Waals surface area (Å²) in [5.41, 5.74) is 1.03. The number of nitrogens with one attached hydrogen (secondary N) is 1. The van der Waals surface area contributed by atoms with Gasteiger partial charge < -0.3 is 5.32 Å². The molecule has 0 aromatic carbocycles. The fourth-order valence-corrected chi connectivity index (χ4v) is 2.36. The fourth-order valence-electron chi connectivity index (χ4n) is 2.36. The first-order valence-corrected chi connectivity index (χ1v) is 5.75. The fraction of sp³-hybridized carbons (Fsp3) is 0.818. The number of hydrogen-bond donors (Lipinski definition) is 1. The Kier molecular flexibility index (Phi) is 3.05. The van der Waals surface area contributed by atoms with Gasteiger partial charge in [0.2, 0.25) is 0 Å². The minimum Gasteiger partial charge on any atom is -0.308 e. The molecule has 15 heavy (non-hydrogen) atoms. The van der Waals surface area contributed by atoms with Gasteiger partial charge in [0.25, 0.3) is 0 Å². The molecule has 3 unspecified atom stereocenters. The van der Waals surface area contributed by atoms with Crippen molar-refractivity contribution in [1.29, 1.82) is 0 Å². The van der Waals surface area contributed by atoms with E-state index in [9.17, 15) is 0 Å². The standard InChI is InChI=1S/C11H20N4/c1-8-4-5-11(9(8)2)12-6-10-7-15(3)14-13-10/h7-9,11-12H,4-6H2,1-3H3. The topological polar surface area (TPSA) is 42.7 Å². The average molecular weight is 208 g/mol. The highest BCUT2D eigenvalue weighted by Gasteiger charge is 2.29. The van der Waals surface area contributed by atoms with Gasteiger partial charge in [-0.25, -0.2) is 0 Å². The molecule has 0 aliphatic heterocycles. The van der Waals surface area contributed by atoms with E-state index in [4.69, 9.17) is 0 Å². The second-order valence-corrected chi connectivity index (χ2v) is 4.78. The van der Waals surface area contributed by atoms with Crippen LogP contribution in [0.15, 0.2) is 6.20 Å². The molecule has 2 rings (SSSR count). The molecular weight excluding hydrogens is 188 g/mol. The molecule has 84 valence electrons. The zero-order valence-corrected chi connectivity index (χ0v) is 9.77. The smallest absolute Gasteiger partial charge is 0.0964 e. The van der Waals surface area contributed by atoms with E-state index < -0.39 is 0 Å². The second kappa shape index (κ2) is 4.31. The molecule has 0 bridgehead atoms. The first-order valence-electron chi connectivity index (χ1n) is 5.75. The Morgan fingerprint density at radius 3 is 2.80 bits per heavy atom. The maximum absolute atomic E-state index is 4.07. The third kappa shape index (κ3) is 2.37. The van der Waals surface area contributed by atoms with Crippen LogP contribution in [0.2, 0.25) is 0 Å². The van der Waals surface area contributed by atoms with E-state index in [0.717, 1.165) is 24.1 Å². The lowest BCUT2D eigenvalue weighted by Gasteiger charge is -2.18. The number of aromatic nitrogens is 3. The molecule has 1 saturated carbocycles. The lowest BCUT2D eigenvalue weighted by molar-refractivity contribution is 0.368. The molecule has 1 aromatic heterocycles. The van der Waals surface area contributed by atoms with Gasteiger partial charge in [-0.1, -0.05) is 19.1 Å². The Labute approximate surface area is 91.1 Å². The van der Waals surface area contributed by atoms with Crippen LogP contribution in [0, 0.1) is 11.8 Å². The molecule has 0 amide bonds. The predicted molar refractivity (Wildman–Crippen MR) is 59.2 cm³/mol. The number of rotatable bonds is 3. The van der Waals surface area contributed by atoms with Crippen LogP contribution in [0.5, 0.6) is 0 Å². The van der Waals surface area contributed by atoms with E-state index in [1.54, 1.807) is 4.68 Å². The highest BCUT2D eigenvalue weighted by Crippen LogP contribution is 2.31. The molecule has 1 fully saturated rings. The Morgan fingerprint density at radius 1 is 1.47 bits per heavy atom. The van der Waals surface area contributed by atoms with Crippen LogP contribution in [0.4, 0.5) is 0 Å². The molecular formula is C11H20N4. The van der Waals surface area contributed by atoms with Crippen LogP contribution in [0.1, 0.15) is 32.4 Å². The van der Waals surface area contributed by atoms with Crippen molar-refractivity contribution in [3.05, 3.63) is 11.9 Å². The van der Waals surface area contributed by atoms with E-state index in [2.05, 4.69) is 29.5 Å². The molecule has 3 atom stereocenters. The van der Waals surface area contributed by atoms with Gasteiger partial charge >= 0.3 is 0 Å². The van der Waals surface area contributed by atoms with E-state index >= 15 is 0 Å². The van der Waals surface area contributed by atoms with Gasteiger partial charge in [-0.15, -0.1) is 5.10 Å². The van der Waals surface area contributed by atoms with Crippen LogP contribution in [-0.4, -0.2) is 21.0 Å². The molecule has 1 aromatic rings. The van der Waals surface area contributed by atoms with Crippen LogP contribution >= 0.6 is 0 Å². The molecule has 1 aliphatic rings. The van der Waals surface area contributed by atoms with Gasteiger partial charge in [0, 0.05) is 25.8 Å². The van der Waals surface area contributed by atoms with Gasteiger partial charge in [-0.3, -0.25) is 4.68 Å². The molecule has 0 radical (unpaired) electrons. The van der Waals surface area contributed by atoms with Gasteiger partial charge in [-0.05, 0) is 24.7 Å². The Hall–Kier alpha value is -0.900. The summed E-state index contributed by atoms with van der Waals surface area (Å²) < 4.78 is 1.75. The summed E-state index contributed by atoms with van der Waals surface area (Å²) in [6.07, 6.45) is 4.61. The van der Waals surface area contributed by atoms with Gasteiger partial charge in [-0.2, -0.15) is 0 Å². The molecule has 1 heterocycles. The quantitative estimate of drug-likeness (QED) is 0.815. The number of aryl methyl sites for hydroxylation is 1. The van der Waals surface area contributed by atoms with Crippen LogP contribution in [0.3, 0.4) is 0 Å². The van der Waals surface area contributed by atoms with Gasteiger partial charge in [0.05, 0.1) is 5.69 Å². The Balaban J connectivity index is 1.83. The van der Waals surface area contributed by atoms with Crippen LogP contribution < -0.4 is 5.32 Å². The van der Waals surface area contributed by atoms with E-state index in [-0.39, 0.29) is 0 Å². The van der Waals surface area contributed by atoms with E-state index in [0.29, 0.717) is 6.04 Å². The summed E-state index contributed by atoms with van der Waals surface area (Å²) in [5.74, 6) is 1.63. The lowest BCUT2D eigenvalue weighted by Crippen LogP contribution is -2.32. The summed E-state index contributed by atoms with van der Waals surface area (Å²) in [6, 6.07) is 0.655. The summed E-state index contributed by atoms with van der Waals surface area (Å²) in [4.78, 5) is 0. The minimum atomic E-state index is 0.655. The van der Waals surface area contributed by atoms with Crippen LogP contribution in [-0.2, 0) is 13.6 Å². The normalized spacial score (nSPS) is 31.0. The lowest BCUT2D eigenvalue weighted by atomic mass is 9.98. The van der Waals surface area contributed by atoms with Crippen molar-refractivity contribution >= 4 is 0 Å². The second-order valence-electron chi connectivity index (χ2n) is 4.78. The van der Waals surface area contributed by atoms with Crippen molar-refractivity contribution < 1.29 is 0 Å². The number of nitrogens with zero attached hydrogens (tertiary/aromatic N) is 3. The summed E-state index contributed by atoms with van der Waals surface area (Å²) in [6.45, 7) is 5.52. The van der Waals surface area contributed by atoms with E-state index in [1.165, 1.54) is 12.8 Å². The maximum atomic E-state index is 4.07. The van der Waals surface area contributed by atoms with Crippen molar-refractivity contribution in [2.24, 2.45) is 18.9 Å². The monoisotopic (exact) mass is 208 g/mol. The highest BCUT2D eigenvalue weighted by atomic mass is 15.4. The van der Waals surface area contributed by atoms with Crippen molar-refractivity contribution in [3.8, 4) is 0 Å². The molecule has 1 aliphatic carbocycles. The first kappa shape index (κ1) is 10.6. The van der Waals surface area contributed by atoms with Crippen molar-refractivity contribution in [3.63, 3.8) is 0 Å².